The number of ether oxygens (including phenoxy) is 1. The van der Waals surface area contributed by atoms with Crippen LogP contribution in [0, 0.1) is 5.82 Å². The maximum absolute atomic E-state index is 14.3. The molecular formula is C14H19FN2O2S. The molecule has 0 aromatic heterocycles. The van der Waals surface area contributed by atoms with Crippen molar-refractivity contribution in [3.05, 3.63) is 35.1 Å². The van der Waals surface area contributed by atoms with Crippen molar-refractivity contribution in [2.24, 2.45) is 5.73 Å². The highest BCUT2D eigenvalue weighted by Gasteiger charge is 2.25. The fourth-order valence-corrected chi connectivity index (χ4v) is 2.66. The number of morpholine rings is 1. The van der Waals surface area contributed by atoms with E-state index in [-0.39, 0.29) is 35.2 Å². The summed E-state index contributed by atoms with van der Waals surface area (Å²) in [6, 6.07) is 5.06. The third kappa shape index (κ3) is 3.52. The molecule has 0 amide bonds. The first-order valence-electron chi connectivity index (χ1n) is 6.57. The van der Waals surface area contributed by atoms with Crippen molar-refractivity contribution in [2.45, 2.75) is 25.7 Å². The second-order valence-electron chi connectivity index (χ2n) is 5.09. The van der Waals surface area contributed by atoms with E-state index in [1.807, 2.05) is 6.92 Å². The van der Waals surface area contributed by atoms with E-state index < -0.39 is 0 Å². The molecule has 110 valence electrons. The van der Waals surface area contributed by atoms with Crippen LogP contribution in [0.3, 0.4) is 0 Å². The van der Waals surface area contributed by atoms with Gasteiger partial charge in [-0.15, -0.1) is 0 Å². The first-order chi connectivity index (χ1) is 9.51. The minimum Gasteiger partial charge on any atom is -0.394 e. The lowest BCUT2D eigenvalue weighted by molar-refractivity contribution is -0.0974. The van der Waals surface area contributed by atoms with Gasteiger partial charge in [0.15, 0.2) is 0 Å². The van der Waals surface area contributed by atoms with Gasteiger partial charge in [-0.1, -0.05) is 24.4 Å². The summed E-state index contributed by atoms with van der Waals surface area (Å²) >= 11 is 4.84. The van der Waals surface area contributed by atoms with Crippen molar-refractivity contribution < 1.29 is 14.2 Å². The molecule has 0 radical (unpaired) electrons. The molecule has 4 nitrogen and oxygen atoms in total. The Balaban J connectivity index is 2.13. The number of nitrogens with two attached hydrogens (primary N) is 1. The van der Waals surface area contributed by atoms with Crippen molar-refractivity contribution in [2.75, 3.05) is 19.7 Å². The Morgan fingerprint density at radius 2 is 2.30 bits per heavy atom. The Morgan fingerprint density at radius 3 is 2.95 bits per heavy atom. The summed E-state index contributed by atoms with van der Waals surface area (Å²) in [5.74, 6) is -0.361. The van der Waals surface area contributed by atoms with Gasteiger partial charge in [0.25, 0.3) is 0 Å². The summed E-state index contributed by atoms with van der Waals surface area (Å²) in [6.45, 7) is 3.64. The number of rotatable bonds is 4. The zero-order valence-corrected chi connectivity index (χ0v) is 12.2. The first-order valence-corrected chi connectivity index (χ1v) is 6.98. The molecule has 20 heavy (non-hydrogen) atoms. The van der Waals surface area contributed by atoms with Crippen LogP contribution in [0.15, 0.2) is 18.2 Å². The number of aliphatic hydroxyl groups is 1. The van der Waals surface area contributed by atoms with E-state index in [0.717, 1.165) is 0 Å². The minimum atomic E-state index is -0.361. The van der Waals surface area contributed by atoms with Crippen LogP contribution in [-0.4, -0.2) is 46.9 Å². The van der Waals surface area contributed by atoms with Crippen LogP contribution in [0.4, 0.5) is 4.39 Å². The van der Waals surface area contributed by atoms with Gasteiger partial charge < -0.3 is 15.6 Å². The van der Waals surface area contributed by atoms with Crippen molar-refractivity contribution in [1.82, 2.24) is 4.90 Å². The third-order valence-electron chi connectivity index (χ3n) is 3.34. The lowest BCUT2D eigenvalue weighted by Crippen LogP contribution is -2.47. The predicted molar refractivity (Wildman–Crippen MR) is 79.0 cm³/mol. The van der Waals surface area contributed by atoms with Gasteiger partial charge >= 0.3 is 0 Å². The lowest BCUT2D eigenvalue weighted by atomic mass is 10.1. The molecule has 1 aromatic rings. The second-order valence-corrected chi connectivity index (χ2v) is 5.53. The number of benzene rings is 1. The predicted octanol–water partition coefficient (Wildman–Crippen LogP) is 1.04. The molecule has 1 heterocycles. The van der Waals surface area contributed by atoms with Crippen LogP contribution < -0.4 is 5.73 Å². The van der Waals surface area contributed by atoms with Crippen LogP contribution in [0.25, 0.3) is 0 Å². The summed E-state index contributed by atoms with van der Waals surface area (Å²) in [6.07, 6.45) is -0.205. The molecule has 0 saturated carbocycles. The molecular weight excluding hydrogens is 279 g/mol. The number of halogens is 1. The Bertz CT molecular complexity index is 498. The minimum absolute atomic E-state index is 0.0164. The Morgan fingerprint density at radius 1 is 1.55 bits per heavy atom. The SMILES string of the molecule is CC1CN(Cc2cccc(C(N)=S)c2F)CC(CO)O1. The van der Waals surface area contributed by atoms with Crippen molar-refractivity contribution in [3.63, 3.8) is 0 Å². The third-order valence-corrected chi connectivity index (χ3v) is 3.56. The van der Waals surface area contributed by atoms with E-state index in [2.05, 4.69) is 4.90 Å². The van der Waals surface area contributed by atoms with E-state index in [0.29, 0.717) is 25.2 Å². The molecule has 2 unspecified atom stereocenters. The van der Waals surface area contributed by atoms with Crippen LogP contribution in [0.2, 0.25) is 0 Å². The maximum Gasteiger partial charge on any atom is 0.137 e. The largest absolute Gasteiger partial charge is 0.394 e. The van der Waals surface area contributed by atoms with E-state index >= 15 is 0 Å². The highest BCUT2D eigenvalue weighted by molar-refractivity contribution is 7.80. The zero-order chi connectivity index (χ0) is 14.7. The summed E-state index contributed by atoms with van der Waals surface area (Å²) in [7, 11) is 0. The lowest BCUT2D eigenvalue weighted by Gasteiger charge is -2.36. The molecule has 0 spiro atoms. The van der Waals surface area contributed by atoms with E-state index in [4.69, 9.17) is 22.7 Å². The number of hydrogen-bond acceptors (Lipinski definition) is 4. The highest BCUT2D eigenvalue weighted by atomic mass is 32.1. The zero-order valence-electron chi connectivity index (χ0n) is 11.4. The summed E-state index contributed by atoms with van der Waals surface area (Å²) in [5, 5.41) is 9.20. The molecule has 1 aliphatic rings. The Labute approximate surface area is 123 Å². The summed E-state index contributed by atoms with van der Waals surface area (Å²) < 4.78 is 19.8. The molecule has 1 fully saturated rings. The van der Waals surface area contributed by atoms with Gasteiger partial charge in [0, 0.05) is 30.8 Å². The topological polar surface area (TPSA) is 58.7 Å². The molecule has 6 heteroatoms. The number of hydrogen-bond donors (Lipinski definition) is 2. The highest BCUT2D eigenvalue weighted by Crippen LogP contribution is 2.18. The molecule has 1 saturated heterocycles. The maximum atomic E-state index is 14.3. The van der Waals surface area contributed by atoms with Gasteiger partial charge in [-0.3, -0.25) is 4.90 Å². The molecule has 2 atom stereocenters. The fraction of sp³-hybridized carbons (Fsp3) is 0.500. The smallest absolute Gasteiger partial charge is 0.137 e. The van der Waals surface area contributed by atoms with Crippen LogP contribution in [-0.2, 0) is 11.3 Å². The average Bonchev–Trinajstić information content (AvgIpc) is 2.40. The molecule has 2 rings (SSSR count). The number of aliphatic hydroxyl groups excluding tert-OH is 1. The molecule has 0 bridgehead atoms. The number of thiocarbonyl (C=S) groups is 1. The van der Waals surface area contributed by atoms with E-state index in [1.54, 1.807) is 18.2 Å². The Hall–Kier alpha value is -1.08. The van der Waals surface area contributed by atoms with Gasteiger partial charge in [0.1, 0.15) is 10.8 Å². The van der Waals surface area contributed by atoms with Gasteiger partial charge in [-0.2, -0.15) is 0 Å². The first kappa shape index (κ1) is 15.3. The van der Waals surface area contributed by atoms with E-state index in [9.17, 15) is 9.50 Å². The normalized spacial score (nSPS) is 23.8. The van der Waals surface area contributed by atoms with Gasteiger partial charge in [0.05, 0.1) is 18.8 Å². The summed E-state index contributed by atoms with van der Waals surface area (Å²) in [5.41, 5.74) is 6.34. The van der Waals surface area contributed by atoms with Crippen molar-refractivity contribution >= 4 is 17.2 Å². The fourth-order valence-electron chi connectivity index (χ4n) is 2.50. The van der Waals surface area contributed by atoms with Crippen LogP contribution in [0.1, 0.15) is 18.1 Å². The molecule has 1 aliphatic heterocycles. The Kier molecular flexibility index (Phi) is 5.04. The second kappa shape index (κ2) is 6.58. The molecule has 1 aromatic carbocycles. The number of nitrogens with zero attached hydrogens (tertiary/aromatic N) is 1. The van der Waals surface area contributed by atoms with Gasteiger partial charge in [0.2, 0.25) is 0 Å². The van der Waals surface area contributed by atoms with Gasteiger partial charge in [-0.25, -0.2) is 4.39 Å². The molecule has 0 aliphatic carbocycles. The standard InChI is InChI=1S/C14H19FN2O2S/c1-9-5-17(7-11(8-18)19-9)6-10-3-2-4-12(13(10)15)14(16)20/h2-4,9,11,18H,5-8H2,1H3,(H2,16,20). The quantitative estimate of drug-likeness (QED) is 0.814. The molecule has 3 N–H and O–H groups in total. The van der Waals surface area contributed by atoms with Crippen LogP contribution >= 0.6 is 12.2 Å². The van der Waals surface area contributed by atoms with Crippen molar-refractivity contribution in [1.29, 1.82) is 0 Å². The average molecular weight is 298 g/mol. The monoisotopic (exact) mass is 298 g/mol. The summed E-state index contributed by atoms with van der Waals surface area (Å²) in [4.78, 5) is 2.13. The van der Waals surface area contributed by atoms with Gasteiger partial charge in [-0.05, 0) is 13.0 Å². The van der Waals surface area contributed by atoms with Crippen molar-refractivity contribution in [3.8, 4) is 0 Å². The van der Waals surface area contributed by atoms with E-state index in [1.165, 1.54) is 0 Å². The van der Waals surface area contributed by atoms with Crippen LogP contribution in [0.5, 0.6) is 0 Å².